The van der Waals surface area contributed by atoms with Gasteiger partial charge < -0.3 is 10.1 Å². The van der Waals surface area contributed by atoms with E-state index in [1.165, 1.54) is 11.3 Å². The van der Waals surface area contributed by atoms with E-state index in [4.69, 9.17) is 4.74 Å². The van der Waals surface area contributed by atoms with Gasteiger partial charge in [0.2, 0.25) is 5.13 Å². The second kappa shape index (κ2) is 5.46. The van der Waals surface area contributed by atoms with Gasteiger partial charge in [0.1, 0.15) is 10.8 Å². The van der Waals surface area contributed by atoms with Crippen LogP contribution in [0.15, 0.2) is 24.3 Å². The van der Waals surface area contributed by atoms with E-state index >= 15 is 0 Å². The fourth-order valence-electron chi connectivity index (χ4n) is 2.13. The monoisotopic (exact) mass is 290 g/mol. The van der Waals surface area contributed by atoms with Crippen molar-refractivity contribution in [2.75, 3.05) is 11.9 Å². The average molecular weight is 290 g/mol. The predicted octanol–water partition coefficient (Wildman–Crippen LogP) is 2.49. The lowest BCUT2D eigenvalue weighted by Crippen LogP contribution is -2.35. The number of para-hydroxylation sites is 1. The van der Waals surface area contributed by atoms with Crippen molar-refractivity contribution in [3.05, 3.63) is 34.8 Å². The largest absolute Gasteiger partial charge is 0.493 e. The van der Waals surface area contributed by atoms with Crippen LogP contribution in [0.2, 0.25) is 0 Å². The molecule has 1 aromatic heterocycles. The predicted molar refractivity (Wildman–Crippen MR) is 76.1 cm³/mol. The van der Waals surface area contributed by atoms with E-state index in [0.717, 1.165) is 22.7 Å². The van der Waals surface area contributed by atoms with Crippen molar-refractivity contribution in [3.63, 3.8) is 0 Å². The standard InChI is InChI=1S/C13H14N4O2S/c1-8-16-17-13(20-8)15-12(18)14-10-6-7-19-11-5-3-2-4-9(10)11/h2-5,10H,6-7H2,1H3,(H2,14,15,17,18)/t10-/m1/s1. The summed E-state index contributed by atoms with van der Waals surface area (Å²) in [4.78, 5) is 12.0. The fourth-order valence-corrected chi connectivity index (χ4v) is 2.72. The number of urea groups is 1. The second-order valence-electron chi connectivity index (χ2n) is 4.45. The number of aryl methyl sites for hydroxylation is 1. The minimum absolute atomic E-state index is 0.0473. The molecule has 1 aliphatic rings. The van der Waals surface area contributed by atoms with Gasteiger partial charge in [0.05, 0.1) is 12.6 Å². The first-order valence-electron chi connectivity index (χ1n) is 6.32. The Labute approximate surface area is 120 Å². The van der Waals surface area contributed by atoms with E-state index in [2.05, 4.69) is 20.8 Å². The minimum Gasteiger partial charge on any atom is -0.493 e. The lowest BCUT2D eigenvalue weighted by atomic mass is 10.0. The molecule has 2 aromatic rings. The molecule has 104 valence electrons. The molecule has 0 fully saturated rings. The molecule has 1 atom stereocenters. The van der Waals surface area contributed by atoms with E-state index in [-0.39, 0.29) is 12.1 Å². The summed E-state index contributed by atoms with van der Waals surface area (Å²) in [5.41, 5.74) is 1.00. The number of aromatic nitrogens is 2. The molecule has 6 nitrogen and oxygen atoms in total. The van der Waals surface area contributed by atoms with Gasteiger partial charge in [0.25, 0.3) is 0 Å². The molecule has 20 heavy (non-hydrogen) atoms. The van der Waals surface area contributed by atoms with Gasteiger partial charge in [-0.05, 0) is 13.0 Å². The molecular formula is C13H14N4O2S. The molecule has 0 aliphatic carbocycles. The Balaban J connectivity index is 1.68. The number of hydrogen-bond acceptors (Lipinski definition) is 5. The van der Waals surface area contributed by atoms with Crippen LogP contribution in [0.5, 0.6) is 5.75 Å². The number of benzene rings is 1. The van der Waals surface area contributed by atoms with E-state index in [1.54, 1.807) is 0 Å². The molecule has 0 spiro atoms. The van der Waals surface area contributed by atoms with Gasteiger partial charge in [-0.2, -0.15) is 0 Å². The van der Waals surface area contributed by atoms with Crippen LogP contribution in [-0.4, -0.2) is 22.8 Å². The van der Waals surface area contributed by atoms with Crippen LogP contribution in [0.25, 0.3) is 0 Å². The van der Waals surface area contributed by atoms with Crippen molar-refractivity contribution < 1.29 is 9.53 Å². The summed E-state index contributed by atoms with van der Waals surface area (Å²) in [6.45, 7) is 2.44. The number of ether oxygens (including phenoxy) is 1. The zero-order chi connectivity index (χ0) is 13.9. The highest BCUT2D eigenvalue weighted by Crippen LogP contribution is 2.31. The summed E-state index contributed by atoms with van der Waals surface area (Å²) >= 11 is 1.34. The maximum Gasteiger partial charge on any atom is 0.321 e. The number of carbonyl (C=O) groups is 1. The Kier molecular flexibility index (Phi) is 3.51. The first-order valence-corrected chi connectivity index (χ1v) is 7.13. The second-order valence-corrected chi connectivity index (χ2v) is 5.63. The minimum atomic E-state index is -0.275. The van der Waals surface area contributed by atoms with Crippen molar-refractivity contribution in [1.29, 1.82) is 0 Å². The summed E-state index contributed by atoms with van der Waals surface area (Å²) in [5, 5.41) is 14.7. The Morgan fingerprint density at radius 3 is 3.05 bits per heavy atom. The smallest absolute Gasteiger partial charge is 0.321 e. The highest BCUT2D eigenvalue weighted by atomic mass is 32.1. The number of hydrogen-bond donors (Lipinski definition) is 2. The van der Waals surface area contributed by atoms with Crippen molar-refractivity contribution in [1.82, 2.24) is 15.5 Å². The molecule has 2 heterocycles. The lowest BCUT2D eigenvalue weighted by Gasteiger charge is -2.26. The fraction of sp³-hybridized carbons (Fsp3) is 0.308. The summed E-state index contributed by atoms with van der Waals surface area (Å²) in [7, 11) is 0. The molecule has 2 N–H and O–H groups in total. The van der Waals surface area contributed by atoms with Crippen molar-refractivity contribution >= 4 is 22.5 Å². The van der Waals surface area contributed by atoms with Crippen LogP contribution in [0, 0.1) is 6.92 Å². The number of rotatable bonds is 2. The SMILES string of the molecule is Cc1nnc(NC(=O)N[C@@H]2CCOc3ccccc32)s1. The molecule has 1 aliphatic heterocycles. The van der Waals surface area contributed by atoms with E-state index < -0.39 is 0 Å². The summed E-state index contributed by atoms with van der Waals surface area (Å²) < 4.78 is 5.56. The number of carbonyl (C=O) groups excluding carboxylic acids is 1. The third-order valence-electron chi connectivity index (χ3n) is 3.01. The van der Waals surface area contributed by atoms with Gasteiger partial charge in [-0.15, -0.1) is 10.2 Å². The van der Waals surface area contributed by atoms with E-state index in [1.807, 2.05) is 31.2 Å². The highest BCUT2D eigenvalue weighted by molar-refractivity contribution is 7.15. The van der Waals surface area contributed by atoms with E-state index in [0.29, 0.717) is 11.7 Å². The summed E-state index contributed by atoms with van der Waals surface area (Å²) in [6.07, 6.45) is 0.750. The number of nitrogens with one attached hydrogen (secondary N) is 2. The summed E-state index contributed by atoms with van der Waals surface area (Å²) in [6, 6.07) is 7.42. The summed E-state index contributed by atoms with van der Waals surface area (Å²) in [5.74, 6) is 0.829. The van der Waals surface area contributed by atoms with Crippen LogP contribution in [0.3, 0.4) is 0 Å². The maximum atomic E-state index is 12.0. The van der Waals surface area contributed by atoms with Gasteiger partial charge in [-0.25, -0.2) is 4.79 Å². The third-order valence-corrected chi connectivity index (χ3v) is 3.76. The van der Waals surface area contributed by atoms with Crippen molar-refractivity contribution in [2.24, 2.45) is 0 Å². The Hall–Kier alpha value is -2.15. The van der Waals surface area contributed by atoms with Gasteiger partial charge in [-0.1, -0.05) is 29.5 Å². The molecule has 0 unspecified atom stereocenters. The molecule has 0 saturated heterocycles. The molecule has 0 bridgehead atoms. The average Bonchev–Trinajstić information content (AvgIpc) is 2.84. The quantitative estimate of drug-likeness (QED) is 0.891. The number of amides is 2. The van der Waals surface area contributed by atoms with Crippen LogP contribution in [0.1, 0.15) is 23.0 Å². The number of nitrogens with zero attached hydrogens (tertiary/aromatic N) is 2. The van der Waals surface area contributed by atoms with Crippen LogP contribution < -0.4 is 15.4 Å². The van der Waals surface area contributed by atoms with E-state index in [9.17, 15) is 4.79 Å². The number of fused-ring (bicyclic) bond motifs is 1. The Morgan fingerprint density at radius 1 is 1.40 bits per heavy atom. The molecule has 3 rings (SSSR count). The van der Waals surface area contributed by atoms with Gasteiger partial charge >= 0.3 is 6.03 Å². The maximum absolute atomic E-state index is 12.0. The first kappa shape index (κ1) is 12.9. The first-order chi connectivity index (χ1) is 9.72. The topological polar surface area (TPSA) is 76.1 Å². The Morgan fingerprint density at radius 2 is 2.25 bits per heavy atom. The van der Waals surface area contributed by atoms with Gasteiger partial charge in [0, 0.05) is 12.0 Å². The van der Waals surface area contributed by atoms with Crippen molar-refractivity contribution in [2.45, 2.75) is 19.4 Å². The normalized spacial score (nSPS) is 16.9. The molecule has 1 aromatic carbocycles. The molecule has 7 heteroatoms. The molecule has 0 radical (unpaired) electrons. The number of anilines is 1. The highest BCUT2D eigenvalue weighted by Gasteiger charge is 2.22. The van der Waals surface area contributed by atoms with Crippen molar-refractivity contribution in [3.8, 4) is 5.75 Å². The molecular weight excluding hydrogens is 276 g/mol. The third kappa shape index (κ3) is 2.72. The van der Waals surface area contributed by atoms with Crippen LogP contribution in [0.4, 0.5) is 9.93 Å². The zero-order valence-corrected chi connectivity index (χ0v) is 11.7. The Bertz CT molecular complexity index is 628. The van der Waals surface area contributed by atoms with Gasteiger partial charge in [0.15, 0.2) is 0 Å². The zero-order valence-electron chi connectivity index (χ0n) is 10.9. The van der Waals surface area contributed by atoms with Crippen LogP contribution >= 0.6 is 11.3 Å². The molecule has 2 amide bonds. The van der Waals surface area contributed by atoms with Crippen LogP contribution in [-0.2, 0) is 0 Å². The lowest BCUT2D eigenvalue weighted by molar-refractivity contribution is 0.232. The molecule has 0 saturated carbocycles. The van der Waals surface area contributed by atoms with Gasteiger partial charge in [-0.3, -0.25) is 5.32 Å².